The highest BCUT2D eigenvalue weighted by atomic mass is 32.1. The number of hydrogen-bond donors (Lipinski definition) is 1. The van der Waals surface area contributed by atoms with E-state index < -0.39 is 0 Å². The normalized spacial score (nSPS) is 23.2. The molecule has 2 saturated heterocycles. The van der Waals surface area contributed by atoms with E-state index in [1.54, 1.807) is 11.3 Å². The minimum Gasteiger partial charge on any atom is -0.338 e. The van der Waals surface area contributed by atoms with Crippen molar-refractivity contribution in [1.82, 2.24) is 10.2 Å². The van der Waals surface area contributed by atoms with Gasteiger partial charge in [0, 0.05) is 19.6 Å². The van der Waals surface area contributed by atoms with Crippen LogP contribution in [-0.2, 0) is 0 Å². The summed E-state index contributed by atoms with van der Waals surface area (Å²) in [4.78, 5) is 15.1. The quantitative estimate of drug-likeness (QED) is 0.826. The molecule has 0 radical (unpaired) electrons. The Balaban J connectivity index is 1.63. The summed E-state index contributed by atoms with van der Waals surface area (Å²) in [6, 6.07) is 3.87. The molecule has 0 saturated carbocycles. The van der Waals surface area contributed by atoms with E-state index in [0.29, 0.717) is 5.41 Å². The van der Waals surface area contributed by atoms with Crippen molar-refractivity contribution in [2.24, 2.45) is 5.41 Å². The van der Waals surface area contributed by atoms with Crippen molar-refractivity contribution < 1.29 is 4.79 Å². The molecule has 17 heavy (non-hydrogen) atoms. The number of likely N-dealkylation sites (tertiary alicyclic amines) is 1. The fourth-order valence-corrected chi connectivity index (χ4v) is 3.65. The molecular formula is C13H18N2OS. The topological polar surface area (TPSA) is 32.3 Å². The molecule has 0 atom stereocenters. The van der Waals surface area contributed by atoms with Crippen molar-refractivity contribution >= 4 is 17.2 Å². The largest absolute Gasteiger partial charge is 0.338 e. The highest BCUT2D eigenvalue weighted by molar-refractivity contribution is 7.12. The first-order valence-electron chi connectivity index (χ1n) is 6.33. The van der Waals surface area contributed by atoms with Crippen LogP contribution in [0.15, 0.2) is 17.5 Å². The van der Waals surface area contributed by atoms with Crippen molar-refractivity contribution in [3.8, 4) is 0 Å². The SMILES string of the molecule is O=C(c1cccs1)N1CCC2(CCNC2)CC1. The van der Waals surface area contributed by atoms with Crippen LogP contribution in [0.2, 0.25) is 0 Å². The van der Waals surface area contributed by atoms with Gasteiger partial charge < -0.3 is 10.2 Å². The molecule has 92 valence electrons. The highest BCUT2D eigenvalue weighted by Gasteiger charge is 2.38. The van der Waals surface area contributed by atoms with Crippen molar-refractivity contribution in [2.45, 2.75) is 19.3 Å². The lowest BCUT2D eigenvalue weighted by Gasteiger charge is -2.38. The maximum Gasteiger partial charge on any atom is 0.263 e. The first kappa shape index (κ1) is 11.2. The van der Waals surface area contributed by atoms with E-state index in [9.17, 15) is 4.79 Å². The van der Waals surface area contributed by atoms with Crippen LogP contribution < -0.4 is 5.32 Å². The van der Waals surface area contributed by atoms with Crippen molar-refractivity contribution in [1.29, 1.82) is 0 Å². The molecule has 0 unspecified atom stereocenters. The minimum absolute atomic E-state index is 0.223. The minimum atomic E-state index is 0.223. The predicted molar refractivity (Wildman–Crippen MR) is 69.4 cm³/mol. The number of piperidine rings is 1. The number of nitrogens with one attached hydrogen (secondary N) is 1. The van der Waals surface area contributed by atoms with E-state index in [0.717, 1.165) is 43.9 Å². The summed E-state index contributed by atoms with van der Waals surface area (Å²) in [5, 5.41) is 5.42. The van der Waals surface area contributed by atoms with E-state index in [4.69, 9.17) is 0 Å². The number of hydrogen-bond acceptors (Lipinski definition) is 3. The molecule has 4 heteroatoms. The van der Waals surface area contributed by atoms with Gasteiger partial charge in [-0.05, 0) is 42.7 Å². The second-order valence-corrected chi connectivity index (χ2v) is 6.14. The summed E-state index contributed by atoms with van der Waals surface area (Å²) in [5.74, 6) is 0.223. The summed E-state index contributed by atoms with van der Waals surface area (Å²) in [6.45, 7) is 4.16. The van der Waals surface area contributed by atoms with Gasteiger partial charge in [0.2, 0.25) is 0 Å². The average molecular weight is 250 g/mol. The lowest BCUT2D eigenvalue weighted by molar-refractivity contribution is 0.0612. The van der Waals surface area contributed by atoms with Crippen LogP contribution in [0.25, 0.3) is 0 Å². The zero-order valence-electron chi connectivity index (χ0n) is 9.95. The zero-order valence-corrected chi connectivity index (χ0v) is 10.8. The Hall–Kier alpha value is -0.870. The van der Waals surface area contributed by atoms with Crippen molar-refractivity contribution in [2.75, 3.05) is 26.2 Å². The Labute approximate surface area is 106 Å². The Morgan fingerprint density at radius 3 is 2.76 bits per heavy atom. The molecule has 3 heterocycles. The van der Waals surface area contributed by atoms with Gasteiger partial charge in [-0.1, -0.05) is 6.07 Å². The Kier molecular flexibility index (Phi) is 2.92. The van der Waals surface area contributed by atoms with Gasteiger partial charge in [-0.15, -0.1) is 11.3 Å². The molecule has 2 aliphatic rings. The average Bonchev–Trinajstić information content (AvgIpc) is 3.01. The standard InChI is InChI=1S/C13H18N2OS/c16-12(11-2-1-9-17-11)15-7-4-13(5-8-15)3-6-14-10-13/h1-2,9,14H,3-8,10H2. The van der Waals surface area contributed by atoms with Crippen LogP contribution >= 0.6 is 11.3 Å². The van der Waals surface area contributed by atoms with Gasteiger partial charge in [-0.2, -0.15) is 0 Å². The van der Waals surface area contributed by atoms with Gasteiger partial charge in [0.15, 0.2) is 0 Å². The Morgan fingerprint density at radius 1 is 1.35 bits per heavy atom. The Morgan fingerprint density at radius 2 is 2.18 bits per heavy atom. The molecular weight excluding hydrogens is 232 g/mol. The summed E-state index contributed by atoms with van der Waals surface area (Å²) in [7, 11) is 0. The second kappa shape index (κ2) is 4.42. The third-order valence-corrected chi connectivity index (χ3v) is 5.03. The fraction of sp³-hybridized carbons (Fsp3) is 0.615. The van der Waals surface area contributed by atoms with Crippen molar-refractivity contribution in [3.05, 3.63) is 22.4 Å². The van der Waals surface area contributed by atoms with Crippen LogP contribution in [0.4, 0.5) is 0 Å². The molecule has 3 nitrogen and oxygen atoms in total. The van der Waals surface area contributed by atoms with E-state index in [1.165, 1.54) is 6.42 Å². The maximum atomic E-state index is 12.2. The number of thiophene rings is 1. The van der Waals surface area contributed by atoms with E-state index in [-0.39, 0.29) is 5.91 Å². The number of amides is 1. The third kappa shape index (κ3) is 2.11. The summed E-state index contributed by atoms with van der Waals surface area (Å²) in [6.07, 6.45) is 3.61. The summed E-state index contributed by atoms with van der Waals surface area (Å²) in [5.41, 5.74) is 0.492. The van der Waals surface area contributed by atoms with Crippen molar-refractivity contribution in [3.63, 3.8) is 0 Å². The number of carbonyl (C=O) groups is 1. The molecule has 1 aromatic rings. The van der Waals surface area contributed by atoms with Gasteiger partial charge >= 0.3 is 0 Å². The van der Waals surface area contributed by atoms with Crippen LogP contribution in [0.3, 0.4) is 0 Å². The molecule has 0 bridgehead atoms. The van der Waals surface area contributed by atoms with Gasteiger partial charge in [0.1, 0.15) is 0 Å². The van der Waals surface area contributed by atoms with E-state index in [1.807, 2.05) is 22.4 Å². The molecule has 1 aromatic heterocycles. The molecule has 1 spiro atoms. The van der Waals surface area contributed by atoms with Crippen LogP contribution in [0.1, 0.15) is 28.9 Å². The highest BCUT2D eigenvalue weighted by Crippen LogP contribution is 2.37. The maximum absolute atomic E-state index is 12.2. The molecule has 1 amide bonds. The molecule has 2 fully saturated rings. The Bertz CT molecular complexity index is 386. The number of rotatable bonds is 1. The van der Waals surface area contributed by atoms with Crippen LogP contribution in [0.5, 0.6) is 0 Å². The number of nitrogens with zero attached hydrogens (tertiary/aromatic N) is 1. The lowest BCUT2D eigenvalue weighted by Crippen LogP contribution is -2.43. The van der Waals surface area contributed by atoms with Gasteiger partial charge in [0.05, 0.1) is 4.88 Å². The molecule has 2 aliphatic heterocycles. The van der Waals surface area contributed by atoms with E-state index in [2.05, 4.69) is 5.32 Å². The summed E-state index contributed by atoms with van der Waals surface area (Å²) >= 11 is 1.54. The third-order valence-electron chi connectivity index (χ3n) is 4.18. The monoisotopic (exact) mass is 250 g/mol. The molecule has 0 aromatic carbocycles. The number of carbonyl (C=O) groups excluding carboxylic acids is 1. The van der Waals surface area contributed by atoms with E-state index >= 15 is 0 Å². The second-order valence-electron chi connectivity index (χ2n) is 5.20. The van der Waals surface area contributed by atoms with Gasteiger partial charge in [-0.3, -0.25) is 4.79 Å². The molecule has 3 rings (SSSR count). The lowest BCUT2D eigenvalue weighted by atomic mass is 9.78. The first-order chi connectivity index (χ1) is 8.29. The first-order valence-corrected chi connectivity index (χ1v) is 7.21. The zero-order chi connectivity index (χ0) is 11.7. The molecule has 1 N–H and O–H groups in total. The van der Waals surface area contributed by atoms with Crippen LogP contribution in [0, 0.1) is 5.41 Å². The summed E-state index contributed by atoms with van der Waals surface area (Å²) < 4.78 is 0. The predicted octanol–water partition coefficient (Wildman–Crippen LogP) is 1.96. The molecule has 0 aliphatic carbocycles. The smallest absolute Gasteiger partial charge is 0.263 e. The van der Waals surface area contributed by atoms with Gasteiger partial charge in [-0.25, -0.2) is 0 Å². The fourth-order valence-electron chi connectivity index (χ4n) is 2.96. The van der Waals surface area contributed by atoms with Gasteiger partial charge in [0.25, 0.3) is 5.91 Å². The van der Waals surface area contributed by atoms with Crippen LogP contribution in [-0.4, -0.2) is 37.0 Å².